The molecule has 0 amide bonds. The molecule has 19 heavy (non-hydrogen) atoms. The molecule has 0 aromatic carbocycles. The van der Waals surface area contributed by atoms with E-state index in [1.54, 1.807) is 0 Å². The van der Waals surface area contributed by atoms with Gasteiger partial charge in [-0.3, -0.25) is 0 Å². The predicted octanol–water partition coefficient (Wildman–Crippen LogP) is 4.49. The molecule has 3 nitrogen and oxygen atoms in total. The van der Waals surface area contributed by atoms with Gasteiger partial charge in [-0.25, -0.2) is 0 Å². The van der Waals surface area contributed by atoms with Gasteiger partial charge in [0, 0.05) is 19.6 Å². The molecule has 0 spiro atoms. The minimum Gasteiger partial charge on any atom is -0.353 e. The van der Waals surface area contributed by atoms with Crippen LogP contribution in [0.2, 0.25) is 0 Å². The van der Waals surface area contributed by atoms with E-state index in [1.807, 2.05) is 6.92 Å². The van der Waals surface area contributed by atoms with E-state index >= 15 is 0 Å². The number of rotatable bonds is 15. The Labute approximate surface area is 119 Å². The van der Waals surface area contributed by atoms with Crippen molar-refractivity contribution >= 4 is 6.29 Å². The summed E-state index contributed by atoms with van der Waals surface area (Å²) in [6.07, 6.45) is 12.3. The van der Waals surface area contributed by atoms with Crippen molar-refractivity contribution in [2.45, 2.75) is 84.3 Å². The highest BCUT2D eigenvalue weighted by Gasteiger charge is 2.01. The number of unbranched alkanes of at least 4 members (excludes halogenated alkanes) is 8. The van der Waals surface area contributed by atoms with Gasteiger partial charge in [0.1, 0.15) is 6.29 Å². The summed E-state index contributed by atoms with van der Waals surface area (Å²) < 4.78 is 11.2. The molecule has 0 aliphatic rings. The van der Waals surface area contributed by atoms with Gasteiger partial charge in [-0.2, -0.15) is 0 Å². The van der Waals surface area contributed by atoms with Crippen LogP contribution in [0, 0.1) is 0 Å². The summed E-state index contributed by atoms with van der Waals surface area (Å²) in [4.78, 5) is 10.1. The average Bonchev–Trinajstić information content (AvgIpc) is 2.41. The monoisotopic (exact) mass is 272 g/mol. The summed E-state index contributed by atoms with van der Waals surface area (Å²) in [5, 5.41) is 0. The Morgan fingerprint density at radius 2 is 1.37 bits per heavy atom. The van der Waals surface area contributed by atoms with Crippen molar-refractivity contribution in [2.24, 2.45) is 0 Å². The molecule has 0 heterocycles. The van der Waals surface area contributed by atoms with Crippen molar-refractivity contribution in [3.05, 3.63) is 0 Å². The van der Waals surface area contributed by atoms with Crippen LogP contribution < -0.4 is 0 Å². The van der Waals surface area contributed by atoms with Crippen LogP contribution in [0.25, 0.3) is 0 Å². The number of ether oxygens (including phenoxy) is 2. The molecule has 0 aromatic heterocycles. The SMILES string of the molecule is CCCCCCCCOC(C)OCCCCCC=O. The van der Waals surface area contributed by atoms with E-state index in [9.17, 15) is 4.79 Å². The summed E-state index contributed by atoms with van der Waals surface area (Å²) in [5.74, 6) is 0. The molecule has 0 saturated heterocycles. The Balaban J connectivity index is 3.12. The van der Waals surface area contributed by atoms with Gasteiger partial charge in [-0.1, -0.05) is 45.4 Å². The van der Waals surface area contributed by atoms with Gasteiger partial charge in [-0.15, -0.1) is 0 Å². The molecular weight excluding hydrogens is 240 g/mol. The van der Waals surface area contributed by atoms with Crippen molar-refractivity contribution in [1.82, 2.24) is 0 Å². The number of aldehydes is 1. The zero-order valence-electron chi connectivity index (χ0n) is 12.9. The second-order valence-electron chi connectivity index (χ2n) is 5.09. The van der Waals surface area contributed by atoms with E-state index < -0.39 is 0 Å². The van der Waals surface area contributed by atoms with Crippen molar-refractivity contribution in [3.8, 4) is 0 Å². The maximum Gasteiger partial charge on any atom is 0.154 e. The fraction of sp³-hybridized carbons (Fsp3) is 0.938. The molecule has 1 atom stereocenters. The molecule has 0 fully saturated rings. The summed E-state index contributed by atoms with van der Waals surface area (Å²) in [5.41, 5.74) is 0. The highest BCUT2D eigenvalue weighted by atomic mass is 16.7. The lowest BCUT2D eigenvalue weighted by Gasteiger charge is -2.14. The second-order valence-corrected chi connectivity index (χ2v) is 5.09. The van der Waals surface area contributed by atoms with Crippen LogP contribution in [0.1, 0.15) is 78.1 Å². The number of hydrogen-bond acceptors (Lipinski definition) is 3. The first kappa shape index (κ1) is 18.6. The molecule has 0 bridgehead atoms. The van der Waals surface area contributed by atoms with Crippen LogP contribution >= 0.6 is 0 Å². The van der Waals surface area contributed by atoms with Gasteiger partial charge in [-0.05, 0) is 26.2 Å². The fourth-order valence-electron chi connectivity index (χ4n) is 1.94. The first-order chi connectivity index (χ1) is 9.31. The number of hydrogen-bond donors (Lipinski definition) is 0. The van der Waals surface area contributed by atoms with Crippen molar-refractivity contribution < 1.29 is 14.3 Å². The van der Waals surface area contributed by atoms with Crippen molar-refractivity contribution in [2.75, 3.05) is 13.2 Å². The molecule has 114 valence electrons. The minimum atomic E-state index is -0.0956. The highest BCUT2D eigenvalue weighted by molar-refractivity contribution is 5.48. The Bertz CT molecular complexity index is 183. The predicted molar refractivity (Wildman–Crippen MR) is 79.3 cm³/mol. The molecule has 3 heteroatoms. The molecule has 0 aromatic rings. The van der Waals surface area contributed by atoms with Crippen LogP contribution in [0.5, 0.6) is 0 Å². The molecule has 1 unspecified atom stereocenters. The molecule has 0 N–H and O–H groups in total. The van der Waals surface area contributed by atoms with E-state index in [4.69, 9.17) is 9.47 Å². The van der Waals surface area contributed by atoms with Gasteiger partial charge in [0.25, 0.3) is 0 Å². The van der Waals surface area contributed by atoms with E-state index in [0.717, 1.165) is 45.2 Å². The summed E-state index contributed by atoms with van der Waals surface area (Å²) in [6, 6.07) is 0. The number of carbonyl (C=O) groups is 1. The van der Waals surface area contributed by atoms with Crippen LogP contribution in [0.3, 0.4) is 0 Å². The molecule has 0 saturated carbocycles. The lowest BCUT2D eigenvalue weighted by molar-refractivity contribution is -0.131. The third-order valence-corrected chi connectivity index (χ3v) is 3.17. The van der Waals surface area contributed by atoms with E-state index in [1.165, 1.54) is 32.1 Å². The van der Waals surface area contributed by atoms with Gasteiger partial charge in [0.2, 0.25) is 0 Å². The van der Waals surface area contributed by atoms with E-state index in [0.29, 0.717) is 6.42 Å². The van der Waals surface area contributed by atoms with Gasteiger partial charge in [0.15, 0.2) is 6.29 Å². The van der Waals surface area contributed by atoms with Gasteiger partial charge < -0.3 is 14.3 Å². The van der Waals surface area contributed by atoms with Crippen molar-refractivity contribution in [1.29, 1.82) is 0 Å². The van der Waals surface area contributed by atoms with Crippen LogP contribution in [-0.4, -0.2) is 25.8 Å². The molecule has 0 radical (unpaired) electrons. The average molecular weight is 272 g/mol. The minimum absolute atomic E-state index is 0.0956. The normalized spacial score (nSPS) is 12.5. The van der Waals surface area contributed by atoms with Gasteiger partial charge in [0.05, 0.1) is 0 Å². The van der Waals surface area contributed by atoms with Gasteiger partial charge >= 0.3 is 0 Å². The molecule has 0 aliphatic carbocycles. The Morgan fingerprint density at radius 1 is 0.842 bits per heavy atom. The number of carbonyl (C=O) groups excluding carboxylic acids is 1. The standard InChI is InChI=1S/C16H32O3/c1-3-4-5-6-8-11-14-18-16(2)19-15-12-9-7-10-13-17/h13,16H,3-12,14-15H2,1-2H3. The second kappa shape index (κ2) is 15.6. The Kier molecular flexibility index (Phi) is 15.3. The Morgan fingerprint density at radius 3 is 1.95 bits per heavy atom. The highest BCUT2D eigenvalue weighted by Crippen LogP contribution is 2.06. The third kappa shape index (κ3) is 15.5. The summed E-state index contributed by atoms with van der Waals surface area (Å²) >= 11 is 0. The molecule has 0 aliphatic heterocycles. The fourth-order valence-corrected chi connectivity index (χ4v) is 1.94. The maximum atomic E-state index is 10.1. The van der Waals surface area contributed by atoms with Crippen molar-refractivity contribution in [3.63, 3.8) is 0 Å². The van der Waals surface area contributed by atoms with E-state index in [-0.39, 0.29) is 6.29 Å². The first-order valence-electron chi connectivity index (χ1n) is 7.98. The zero-order valence-corrected chi connectivity index (χ0v) is 12.9. The lowest BCUT2D eigenvalue weighted by atomic mass is 10.1. The smallest absolute Gasteiger partial charge is 0.154 e. The van der Waals surface area contributed by atoms with E-state index in [2.05, 4.69) is 6.92 Å². The lowest BCUT2D eigenvalue weighted by Crippen LogP contribution is -2.14. The molecule has 0 rings (SSSR count). The molecular formula is C16H32O3. The summed E-state index contributed by atoms with van der Waals surface area (Å²) in [6.45, 7) is 5.73. The quantitative estimate of drug-likeness (QED) is 0.250. The van der Waals surface area contributed by atoms with Crippen LogP contribution in [-0.2, 0) is 14.3 Å². The first-order valence-corrected chi connectivity index (χ1v) is 7.98. The topological polar surface area (TPSA) is 35.5 Å². The maximum absolute atomic E-state index is 10.1. The van der Waals surface area contributed by atoms with Crippen LogP contribution in [0.4, 0.5) is 0 Å². The Hall–Kier alpha value is -0.410. The largest absolute Gasteiger partial charge is 0.353 e. The van der Waals surface area contributed by atoms with Crippen LogP contribution in [0.15, 0.2) is 0 Å². The summed E-state index contributed by atoms with van der Waals surface area (Å²) in [7, 11) is 0. The third-order valence-electron chi connectivity index (χ3n) is 3.17. The zero-order chi connectivity index (χ0) is 14.2.